The van der Waals surface area contributed by atoms with Crippen LogP contribution in [0.3, 0.4) is 0 Å². The number of carbonyl (C=O) groups is 2. The molecule has 0 N–H and O–H groups in total. The second-order valence-corrected chi connectivity index (χ2v) is 6.97. The number of benzene rings is 2. The van der Waals surface area contributed by atoms with E-state index >= 15 is 0 Å². The average Bonchev–Trinajstić information content (AvgIpc) is 2.97. The Balaban J connectivity index is 1.54. The van der Waals surface area contributed by atoms with Crippen LogP contribution in [-0.4, -0.2) is 50.0 Å². The predicted octanol–water partition coefficient (Wildman–Crippen LogP) is 2.84. The summed E-state index contributed by atoms with van der Waals surface area (Å²) in [5.74, 6) is -0.479. The van der Waals surface area contributed by atoms with E-state index in [0.29, 0.717) is 24.5 Å². The van der Waals surface area contributed by atoms with Gasteiger partial charge in [0.25, 0.3) is 11.8 Å². The molecule has 28 heavy (non-hydrogen) atoms. The van der Waals surface area contributed by atoms with Crippen LogP contribution in [0.1, 0.15) is 0 Å². The second kappa shape index (κ2) is 7.56. The molecule has 2 amide bonds. The van der Waals surface area contributed by atoms with Crippen LogP contribution in [0.2, 0.25) is 0 Å². The van der Waals surface area contributed by atoms with Crippen molar-refractivity contribution < 1.29 is 14.3 Å². The molecule has 0 radical (unpaired) electrons. The molecule has 0 saturated carbocycles. The summed E-state index contributed by atoms with van der Waals surface area (Å²) < 4.78 is 5.31. The monoisotopic (exact) mass is 397 g/mol. The summed E-state index contributed by atoms with van der Waals surface area (Å²) in [5.41, 5.74) is 1.81. The van der Waals surface area contributed by atoms with Crippen molar-refractivity contribution in [3.63, 3.8) is 0 Å². The maximum atomic E-state index is 13.1. The largest absolute Gasteiger partial charge is 0.495 e. The smallest absolute Gasteiger partial charge is 0.283 e. The normalized spacial score (nSPS) is 17.6. The van der Waals surface area contributed by atoms with Crippen LogP contribution in [0, 0.1) is 0 Å². The molecule has 1 saturated heterocycles. The molecule has 2 aromatic rings. The number of halogens is 1. The number of imide groups is 1. The first kappa shape index (κ1) is 18.4. The van der Waals surface area contributed by atoms with Gasteiger partial charge in [0.1, 0.15) is 16.5 Å². The van der Waals surface area contributed by atoms with Gasteiger partial charge in [-0.15, -0.1) is 0 Å². The zero-order valence-electron chi connectivity index (χ0n) is 15.5. The molecule has 2 aliphatic rings. The van der Waals surface area contributed by atoms with Gasteiger partial charge in [0, 0.05) is 31.9 Å². The van der Waals surface area contributed by atoms with E-state index in [-0.39, 0.29) is 10.7 Å². The van der Waals surface area contributed by atoms with Crippen LogP contribution in [0.15, 0.2) is 65.3 Å². The highest BCUT2D eigenvalue weighted by Crippen LogP contribution is 2.36. The van der Waals surface area contributed by atoms with Gasteiger partial charge in [-0.1, -0.05) is 41.9 Å². The molecule has 4 rings (SSSR count). The van der Waals surface area contributed by atoms with Gasteiger partial charge in [-0.25, -0.2) is 4.90 Å². The molecule has 144 valence electrons. The summed E-state index contributed by atoms with van der Waals surface area (Å²) in [4.78, 5) is 31.1. The molecular weight excluding hydrogens is 378 g/mol. The van der Waals surface area contributed by atoms with E-state index in [0.717, 1.165) is 23.7 Å². The minimum atomic E-state index is -0.517. The summed E-state index contributed by atoms with van der Waals surface area (Å²) in [7, 11) is 1.50. The minimum absolute atomic E-state index is 0.0379. The maximum Gasteiger partial charge on any atom is 0.283 e. The number of anilines is 2. The van der Waals surface area contributed by atoms with Crippen LogP contribution in [0.25, 0.3) is 0 Å². The van der Waals surface area contributed by atoms with Crippen LogP contribution in [-0.2, 0) is 9.59 Å². The van der Waals surface area contributed by atoms with E-state index in [4.69, 9.17) is 16.3 Å². The Kier molecular flexibility index (Phi) is 4.96. The van der Waals surface area contributed by atoms with Crippen molar-refractivity contribution in [1.82, 2.24) is 4.90 Å². The number of nitrogens with zero attached hydrogens (tertiary/aromatic N) is 3. The number of piperazine rings is 1. The Hall–Kier alpha value is -2.99. The van der Waals surface area contributed by atoms with Crippen molar-refractivity contribution in [3.05, 3.63) is 65.3 Å². The van der Waals surface area contributed by atoms with E-state index in [1.54, 1.807) is 24.3 Å². The van der Waals surface area contributed by atoms with Crippen molar-refractivity contribution in [2.24, 2.45) is 0 Å². The lowest BCUT2D eigenvalue weighted by Gasteiger charge is -2.37. The first-order valence-electron chi connectivity index (χ1n) is 9.08. The molecule has 2 aromatic carbocycles. The third-order valence-electron chi connectivity index (χ3n) is 5.05. The van der Waals surface area contributed by atoms with E-state index in [9.17, 15) is 9.59 Å². The quantitative estimate of drug-likeness (QED) is 0.742. The highest BCUT2D eigenvalue weighted by Gasteiger charge is 2.42. The Morgan fingerprint density at radius 1 is 0.821 bits per heavy atom. The average molecular weight is 398 g/mol. The van der Waals surface area contributed by atoms with E-state index in [2.05, 4.69) is 17.0 Å². The lowest BCUT2D eigenvalue weighted by molar-refractivity contribution is -0.121. The number of para-hydroxylation sites is 3. The minimum Gasteiger partial charge on any atom is -0.495 e. The van der Waals surface area contributed by atoms with E-state index in [1.165, 1.54) is 7.11 Å². The molecular formula is C21H20ClN3O3. The summed E-state index contributed by atoms with van der Waals surface area (Å²) in [5, 5.41) is -0.0379. The highest BCUT2D eigenvalue weighted by molar-refractivity contribution is 6.52. The lowest BCUT2D eigenvalue weighted by atomic mass is 10.2. The van der Waals surface area contributed by atoms with Crippen LogP contribution >= 0.6 is 11.6 Å². The van der Waals surface area contributed by atoms with Gasteiger partial charge in [0.2, 0.25) is 0 Å². The molecule has 7 heteroatoms. The molecule has 0 aromatic heterocycles. The van der Waals surface area contributed by atoms with Gasteiger partial charge in [0.15, 0.2) is 0 Å². The zero-order valence-corrected chi connectivity index (χ0v) is 16.2. The van der Waals surface area contributed by atoms with Crippen LogP contribution < -0.4 is 14.5 Å². The zero-order chi connectivity index (χ0) is 19.7. The van der Waals surface area contributed by atoms with E-state index < -0.39 is 11.8 Å². The molecule has 2 aliphatic heterocycles. The number of hydrogen-bond acceptors (Lipinski definition) is 5. The standard InChI is InChI=1S/C21H20ClN3O3/c1-28-17-10-6-5-9-16(17)25-20(26)18(22)19(21(25)27)24-13-11-23(12-14-24)15-7-3-2-4-8-15/h2-10H,11-14H2,1H3. The molecule has 0 aliphatic carbocycles. The fourth-order valence-corrected chi connectivity index (χ4v) is 3.91. The molecule has 1 fully saturated rings. The molecule has 0 bridgehead atoms. The van der Waals surface area contributed by atoms with Crippen molar-refractivity contribution in [3.8, 4) is 5.75 Å². The van der Waals surface area contributed by atoms with Crippen molar-refractivity contribution in [1.29, 1.82) is 0 Å². The number of carbonyl (C=O) groups excluding carboxylic acids is 2. The van der Waals surface area contributed by atoms with Gasteiger partial charge in [0.05, 0.1) is 12.8 Å². The van der Waals surface area contributed by atoms with Crippen molar-refractivity contribution in [2.75, 3.05) is 43.1 Å². The first-order valence-corrected chi connectivity index (χ1v) is 9.46. The highest BCUT2D eigenvalue weighted by atomic mass is 35.5. The SMILES string of the molecule is COc1ccccc1N1C(=O)C(Cl)=C(N2CCN(c3ccccc3)CC2)C1=O. The van der Waals surface area contributed by atoms with E-state index in [1.807, 2.05) is 23.1 Å². The van der Waals surface area contributed by atoms with Gasteiger partial charge >= 0.3 is 0 Å². The lowest BCUT2D eigenvalue weighted by Crippen LogP contribution is -2.47. The number of methoxy groups -OCH3 is 1. The number of amides is 2. The molecule has 6 nitrogen and oxygen atoms in total. The Morgan fingerprint density at radius 3 is 2.11 bits per heavy atom. The number of hydrogen-bond donors (Lipinski definition) is 0. The van der Waals surface area contributed by atoms with Gasteiger partial charge < -0.3 is 14.5 Å². The second-order valence-electron chi connectivity index (χ2n) is 6.59. The molecule has 0 spiro atoms. The molecule has 2 heterocycles. The van der Waals surface area contributed by atoms with Crippen LogP contribution in [0.4, 0.5) is 11.4 Å². The fraction of sp³-hybridized carbons (Fsp3) is 0.238. The summed E-state index contributed by atoms with van der Waals surface area (Å²) in [6.45, 7) is 2.71. The Morgan fingerprint density at radius 2 is 1.43 bits per heavy atom. The maximum absolute atomic E-state index is 13.1. The van der Waals surface area contributed by atoms with Gasteiger partial charge in [-0.05, 0) is 24.3 Å². The Bertz CT molecular complexity index is 937. The predicted molar refractivity (Wildman–Crippen MR) is 109 cm³/mol. The van der Waals surface area contributed by atoms with Gasteiger partial charge in [-0.3, -0.25) is 9.59 Å². The fourth-order valence-electron chi connectivity index (χ4n) is 3.63. The topological polar surface area (TPSA) is 53.1 Å². The van der Waals surface area contributed by atoms with Crippen LogP contribution in [0.5, 0.6) is 5.75 Å². The summed E-state index contributed by atoms with van der Waals surface area (Å²) in [6, 6.07) is 17.0. The first-order chi connectivity index (χ1) is 13.6. The van der Waals surface area contributed by atoms with Crippen molar-refractivity contribution >= 4 is 34.8 Å². The Labute approximate surface area is 168 Å². The van der Waals surface area contributed by atoms with Crippen molar-refractivity contribution in [2.45, 2.75) is 0 Å². The third-order valence-corrected chi connectivity index (χ3v) is 5.39. The van der Waals surface area contributed by atoms with Gasteiger partial charge in [-0.2, -0.15) is 0 Å². The summed E-state index contributed by atoms with van der Waals surface area (Å²) in [6.07, 6.45) is 0. The molecule has 0 atom stereocenters. The number of rotatable bonds is 4. The number of ether oxygens (including phenoxy) is 1. The third kappa shape index (κ3) is 3.10. The summed E-state index contributed by atoms with van der Waals surface area (Å²) >= 11 is 6.32. The molecule has 0 unspecified atom stereocenters.